The summed E-state index contributed by atoms with van der Waals surface area (Å²) in [5.41, 5.74) is 2.24. The molecule has 4 aromatic carbocycles. The number of carboxylic acid groups (broad SMARTS) is 1. The van der Waals surface area contributed by atoms with Gasteiger partial charge in [-0.2, -0.15) is 0 Å². The number of aromatic nitrogens is 2. The third kappa shape index (κ3) is 3.48. The average Bonchev–Trinajstić information content (AvgIpc) is 3.36. The van der Waals surface area contributed by atoms with E-state index in [2.05, 4.69) is 4.98 Å². The van der Waals surface area contributed by atoms with Crippen molar-refractivity contribution in [2.45, 2.75) is 5.54 Å². The summed E-state index contributed by atoms with van der Waals surface area (Å²) in [4.78, 5) is 16.3. The predicted octanol–water partition coefficient (Wildman–Crippen LogP) is 6.23. The van der Waals surface area contributed by atoms with Crippen molar-refractivity contribution >= 4 is 5.97 Å². The topological polar surface area (TPSA) is 55.1 Å². The number of imidazole rings is 1. The molecule has 1 aromatic heterocycles. The van der Waals surface area contributed by atoms with Crippen LogP contribution in [-0.2, 0) is 5.54 Å². The first-order valence-electron chi connectivity index (χ1n) is 10.9. The van der Waals surface area contributed by atoms with Crippen molar-refractivity contribution in [3.8, 4) is 11.3 Å². The summed E-state index contributed by atoms with van der Waals surface area (Å²) < 4.78 is 16.8. The van der Waals surface area contributed by atoms with Crippen LogP contribution in [0.15, 0.2) is 122 Å². The van der Waals surface area contributed by atoms with E-state index in [1.165, 1.54) is 18.2 Å². The smallest absolute Gasteiger partial charge is 0.336 e. The van der Waals surface area contributed by atoms with E-state index in [4.69, 9.17) is 0 Å². The lowest BCUT2D eigenvalue weighted by Crippen LogP contribution is -2.36. The van der Waals surface area contributed by atoms with Gasteiger partial charge < -0.3 is 9.67 Å². The molecule has 0 aliphatic heterocycles. The fourth-order valence-electron chi connectivity index (χ4n) is 4.58. The number of aromatic carboxylic acids is 1. The Labute approximate surface area is 196 Å². The summed E-state index contributed by atoms with van der Waals surface area (Å²) in [6, 6.07) is 34.1. The molecule has 0 spiro atoms. The van der Waals surface area contributed by atoms with Gasteiger partial charge in [0.2, 0.25) is 0 Å². The van der Waals surface area contributed by atoms with Crippen LogP contribution in [0.2, 0.25) is 0 Å². The van der Waals surface area contributed by atoms with Gasteiger partial charge in [-0.3, -0.25) is 0 Å². The van der Waals surface area contributed by atoms with E-state index in [0.717, 1.165) is 16.7 Å². The third-order valence-electron chi connectivity index (χ3n) is 6.04. The van der Waals surface area contributed by atoms with Crippen molar-refractivity contribution in [2.75, 3.05) is 0 Å². The molecular weight excluding hydrogens is 427 g/mol. The van der Waals surface area contributed by atoms with Crippen LogP contribution in [0.1, 0.15) is 27.0 Å². The van der Waals surface area contributed by atoms with Gasteiger partial charge >= 0.3 is 5.97 Å². The van der Waals surface area contributed by atoms with Crippen molar-refractivity contribution in [1.29, 1.82) is 0 Å². The molecule has 0 aliphatic rings. The maximum absolute atomic E-state index is 14.9. The first-order valence-corrected chi connectivity index (χ1v) is 10.9. The lowest BCUT2D eigenvalue weighted by molar-refractivity contribution is 0.0697. The van der Waals surface area contributed by atoms with Crippen LogP contribution < -0.4 is 0 Å². The standard InChI is InChI=1S/C29H21FN2O2/c30-25-18-10-17-24(28(33)34)27(25)26-19-32(20-31-26)29(21-11-4-1-5-12-21,22-13-6-2-7-14-22)23-15-8-3-9-16-23/h1-20H,(H,33,34). The molecule has 0 aliphatic carbocycles. The van der Waals surface area contributed by atoms with Crippen LogP contribution in [0.25, 0.3) is 11.3 Å². The minimum Gasteiger partial charge on any atom is -0.478 e. The maximum Gasteiger partial charge on any atom is 0.336 e. The molecule has 34 heavy (non-hydrogen) atoms. The van der Waals surface area contributed by atoms with Gasteiger partial charge in [0.05, 0.1) is 23.1 Å². The Morgan fingerprint density at radius 3 is 1.71 bits per heavy atom. The highest BCUT2D eigenvalue weighted by atomic mass is 19.1. The number of carboxylic acids is 1. The fourth-order valence-corrected chi connectivity index (χ4v) is 4.58. The van der Waals surface area contributed by atoms with Gasteiger partial charge in [0.1, 0.15) is 11.4 Å². The Hall–Kier alpha value is -4.51. The van der Waals surface area contributed by atoms with Gasteiger partial charge in [0.25, 0.3) is 0 Å². The molecule has 0 saturated carbocycles. The quantitative estimate of drug-likeness (QED) is 0.314. The molecule has 4 nitrogen and oxygen atoms in total. The molecule has 5 aromatic rings. The summed E-state index contributed by atoms with van der Waals surface area (Å²) in [7, 11) is 0. The van der Waals surface area contributed by atoms with Gasteiger partial charge in [-0.15, -0.1) is 0 Å². The van der Waals surface area contributed by atoms with E-state index in [1.54, 1.807) is 12.5 Å². The van der Waals surface area contributed by atoms with Gasteiger partial charge in [-0.05, 0) is 28.8 Å². The number of rotatable bonds is 6. The highest BCUT2D eigenvalue weighted by Gasteiger charge is 2.38. The van der Waals surface area contributed by atoms with Crippen LogP contribution in [0, 0.1) is 5.82 Å². The molecule has 5 heteroatoms. The molecule has 1 heterocycles. The van der Waals surface area contributed by atoms with Crippen molar-refractivity contribution in [1.82, 2.24) is 9.55 Å². The number of carbonyl (C=O) groups is 1. The minimum atomic E-state index is -1.20. The molecule has 0 saturated heterocycles. The second-order valence-corrected chi connectivity index (χ2v) is 7.94. The Morgan fingerprint density at radius 1 is 0.735 bits per heavy atom. The Kier molecular flexibility index (Phi) is 5.52. The van der Waals surface area contributed by atoms with Gasteiger partial charge in [-0.1, -0.05) is 97.1 Å². The molecule has 0 radical (unpaired) electrons. The lowest BCUT2D eigenvalue weighted by atomic mass is 9.77. The summed E-state index contributed by atoms with van der Waals surface area (Å²) in [6.07, 6.45) is 3.36. The van der Waals surface area contributed by atoms with Gasteiger partial charge in [0.15, 0.2) is 0 Å². The molecule has 1 N–H and O–H groups in total. The third-order valence-corrected chi connectivity index (χ3v) is 6.04. The monoisotopic (exact) mass is 448 g/mol. The number of hydrogen-bond donors (Lipinski definition) is 1. The zero-order valence-corrected chi connectivity index (χ0v) is 18.2. The van der Waals surface area contributed by atoms with Crippen LogP contribution in [0.3, 0.4) is 0 Å². The van der Waals surface area contributed by atoms with Crippen LogP contribution in [0.4, 0.5) is 4.39 Å². The van der Waals surface area contributed by atoms with Crippen molar-refractivity contribution in [3.63, 3.8) is 0 Å². The molecule has 166 valence electrons. The van der Waals surface area contributed by atoms with Gasteiger partial charge in [0, 0.05) is 6.20 Å². The first kappa shape index (κ1) is 21.3. The highest BCUT2D eigenvalue weighted by Crippen LogP contribution is 2.41. The van der Waals surface area contributed by atoms with E-state index in [1.807, 2.05) is 95.6 Å². The van der Waals surface area contributed by atoms with Crippen LogP contribution >= 0.6 is 0 Å². The number of benzene rings is 4. The zero-order chi connectivity index (χ0) is 23.5. The summed E-state index contributed by atoms with van der Waals surface area (Å²) in [5, 5.41) is 9.65. The lowest BCUT2D eigenvalue weighted by Gasteiger charge is -2.37. The number of halogens is 1. The van der Waals surface area contributed by atoms with Crippen molar-refractivity contribution in [3.05, 3.63) is 150 Å². The molecule has 0 amide bonds. The van der Waals surface area contributed by atoms with E-state index >= 15 is 0 Å². The highest BCUT2D eigenvalue weighted by molar-refractivity contribution is 5.95. The summed E-state index contributed by atoms with van der Waals surface area (Å²) in [5.74, 6) is -1.83. The van der Waals surface area contributed by atoms with Crippen molar-refractivity contribution in [2.24, 2.45) is 0 Å². The molecule has 0 fully saturated rings. The summed E-state index contributed by atoms with van der Waals surface area (Å²) >= 11 is 0. The second-order valence-electron chi connectivity index (χ2n) is 7.94. The van der Waals surface area contributed by atoms with E-state index in [0.29, 0.717) is 0 Å². The average molecular weight is 448 g/mol. The van der Waals surface area contributed by atoms with Crippen LogP contribution in [0.5, 0.6) is 0 Å². The first-order chi connectivity index (χ1) is 16.6. The minimum absolute atomic E-state index is 0.0307. The molecule has 0 unspecified atom stereocenters. The normalized spacial score (nSPS) is 11.3. The molecule has 5 rings (SSSR count). The molecular formula is C29H21FN2O2. The molecule has 0 bridgehead atoms. The Balaban J connectivity index is 1.83. The Morgan fingerprint density at radius 2 is 1.24 bits per heavy atom. The summed E-state index contributed by atoms with van der Waals surface area (Å²) in [6.45, 7) is 0. The Bertz CT molecular complexity index is 1330. The SMILES string of the molecule is O=C(O)c1cccc(F)c1-c1cn(C(c2ccccc2)(c2ccccc2)c2ccccc2)cn1. The number of nitrogens with zero attached hydrogens (tertiary/aromatic N) is 2. The van der Waals surface area contributed by atoms with Crippen molar-refractivity contribution < 1.29 is 14.3 Å². The largest absolute Gasteiger partial charge is 0.478 e. The fraction of sp³-hybridized carbons (Fsp3) is 0.0345. The van der Waals surface area contributed by atoms with E-state index in [9.17, 15) is 14.3 Å². The molecule has 0 atom stereocenters. The van der Waals surface area contributed by atoms with E-state index < -0.39 is 17.3 Å². The zero-order valence-electron chi connectivity index (χ0n) is 18.2. The maximum atomic E-state index is 14.9. The van der Waals surface area contributed by atoms with E-state index in [-0.39, 0.29) is 16.8 Å². The van der Waals surface area contributed by atoms with Gasteiger partial charge in [-0.25, -0.2) is 14.2 Å². The number of hydrogen-bond acceptors (Lipinski definition) is 2. The van der Waals surface area contributed by atoms with Crippen LogP contribution in [-0.4, -0.2) is 20.6 Å². The predicted molar refractivity (Wildman–Crippen MR) is 129 cm³/mol. The second kappa shape index (κ2) is 8.79.